The Bertz CT molecular complexity index is 1350. The Morgan fingerprint density at radius 3 is 2.29 bits per heavy atom. The summed E-state index contributed by atoms with van der Waals surface area (Å²) in [6, 6.07) is 20.0. The minimum Gasteiger partial charge on any atom is -0.493 e. The highest BCUT2D eigenvalue weighted by atomic mass is 32.2. The van der Waals surface area contributed by atoms with Crippen molar-refractivity contribution in [1.82, 2.24) is 9.88 Å². The third kappa shape index (κ3) is 4.00. The van der Waals surface area contributed by atoms with Crippen molar-refractivity contribution in [2.24, 2.45) is 0 Å². The zero-order chi connectivity index (χ0) is 24.5. The van der Waals surface area contributed by atoms with Crippen molar-refractivity contribution >= 4 is 28.6 Å². The van der Waals surface area contributed by atoms with E-state index in [0.717, 1.165) is 23.2 Å². The zero-order valence-corrected chi connectivity index (χ0v) is 21.1. The van der Waals surface area contributed by atoms with Gasteiger partial charge < -0.3 is 24.1 Å². The van der Waals surface area contributed by atoms with Crippen LogP contribution in [0.2, 0.25) is 0 Å². The Kier molecular flexibility index (Phi) is 6.34. The minimum atomic E-state index is -0.242. The lowest BCUT2D eigenvalue weighted by molar-refractivity contribution is 0.0691. The number of ether oxygens (including phenoxy) is 3. The molecule has 1 N–H and O–H groups in total. The maximum absolute atomic E-state index is 14.0. The van der Waals surface area contributed by atoms with E-state index in [4.69, 9.17) is 14.2 Å². The van der Waals surface area contributed by atoms with Gasteiger partial charge in [0.1, 0.15) is 0 Å². The molecule has 1 amide bonds. The topological polar surface area (TPSA) is 63.8 Å². The van der Waals surface area contributed by atoms with Crippen molar-refractivity contribution in [3.63, 3.8) is 0 Å². The second-order valence-electron chi connectivity index (χ2n) is 8.40. The number of amides is 1. The van der Waals surface area contributed by atoms with E-state index >= 15 is 0 Å². The summed E-state index contributed by atoms with van der Waals surface area (Å²) < 4.78 is 16.5. The van der Waals surface area contributed by atoms with Crippen molar-refractivity contribution < 1.29 is 19.0 Å². The second-order valence-corrected chi connectivity index (χ2v) is 9.28. The van der Waals surface area contributed by atoms with Crippen LogP contribution in [0.5, 0.6) is 17.2 Å². The third-order valence-electron chi connectivity index (χ3n) is 6.64. The molecular formula is C28H28N2O4S. The summed E-state index contributed by atoms with van der Waals surface area (Å²) in [5, 5.41) is 1.22. The van der Waals surface area contributed by atoms with Crippen LogP contribution in [-0.4, -0.2) is 49.9 Å². The summed E-state index contributed by atoms with van der Waals surface area (Å²) in [6.45, 7) is 0.597. The first-order valence-electron chi connectivity index (χ1n) is 11.4. The zero-order valence-electron chi connectivity index (χ0n) is 20.3. The van der Waals surface area contributed by atoms with E-state index in [0.29, 0.717) is 29.4 Å². The summed E-state index contributed by atoms with van der Waals surface area (Å²) in [7, 11) is 4.66. The molecule has 0 fully saturated rings. The van der Waals surface area contributed by atoms with Crippen LogP contribution in [0.3, 0.4) is 0 Å². The summed E-state index contributed by atoms with van der Waals surface area (Å²) >= 11 is 1.70. The van der Waals surface area contributed by atoms with E-state index in [1.54, 1.807) is 45.2 Å². The number of carbonyl (C=O) groups is 1. The Labute approximate surface area is 209 Å². The van der Waals surface area contributed by atoms with Crippen LogP contribution in [0.4, 0.5) is 0 Å². The highest BCUT2D eigenvalue weighted by Gasteiger charge is 2.35. The highest BCUT2D eigenvalue weighted by molar-refractivity contribution is 7.98. The standard InChI is InChI=1S/C28H28N2O4S/c1-32-23-15-18(16-24(33-2)27(23)34-3)28(31)30-14-13-21-20-7-5-6-8-22(20)29-25(21)26(30)17-9-11-19(35-4)12-10-17/h5-12,15-16,26,29H,13-14H2,1-4H3/t26-/m0/s1. The number of rotatable bonds is 6. The maximum Gasteiger partial charge on any atom is 0.254 e. The molecular weight excluding hydrogens is 460 g/mol. The molecule has 5 rings (SSSR count). The number of aromatic amines is 1. The lowest BCUT2D eigenvalue weighted by atomic mass is 9.91. The summed E-state index contributed by atoms with van der Waals surface area (Å²) in [5.74, 6) is 1.29. The normalized spacial score (nSPS) is 15.1. The molecule has 0 bridgehead atoms. The van der Waals surface area contributed by atoms with Crippen LogP contribution < -0.4 is 14.2 Å². The third-order valence-corrected chi connectivity index (χ3v) is 7.38. The quantitative estimate of drug-likeness (QED) is 0.353. The number of hydrogen-bond donors (Lipinski definition) is 1. The maximum atomic E-state index is 14.0. The van der Waals surface area contributed by atoms with E-state index in [2.05, 4.69) is 53.7 Å². The average Bonchev–Trinajstić information content (AvgIpc) is 3.30. The fraction of sp³-hybridized carbons (Fsp3) is 0.250. The van der Waals surface area contributed by atoms with E-state index in [-0.39, 0.29) is 11.9 Å². The van der Waals surface area contributed by atoms with Crippen LogP contribution in [0.25, 0.3) is 10.9 Å². The van der Waals surface area contributed by atoms with E-state index < -0.39 is 0 Å². The molecule has 35 heavy (non-hydrogen) atoms. The number of nitrogens with one attached hydrogen (secondary N) is 1. The lowest BCUT2D eigenvalue weighted by Gasteiger charge is -2.36. The van der Waals surface area contributed by atoms with Crippen LogP contribution in [0, 0.1) is 0 Å². The Hall–Kier alpha value is -3.58. The number of H-pyrrole nitrogens is 1. The lowest BCUT2D eigenvalue weighted by Crippen LogP contribution is -2.40. The van der Waals surface area contributed by atoms with Crippen molar-refractivity contribution in [2.75, 3.05) is 34.1 Å². The SMILES string of the molecule is COc1cc(C(=O)N2CCc3c([nH]c4ccccc34)[C@@H]2c2ccc(SC)cc2)cc(OC)c1OC. The molecule has 0 unspecified atom stereocenters. The summed E-state index contributed by atoms with van der Waals surface area (Å²) in [6.07, 6.45) is 2.83. The van der Waals surface area contributed by atoms with Gasteiger partial charge in [0.25, 0.3) is 5.91 Å². The van der Waals surface area contributed by atoms with Gasteiger partial charge in [0.05, 0.1) is 27.4 Å². The van der Waals surface area contributed by atoms with Crippen LogP contribution in [0.1, 0.15) is 33.2 Å². The molecule has 0 saturated heterocycles. The van der Waals surface area contributed by atoms with Gasteiger partial charge in [-0.25, -0.2) is 0 Å². The van der Waals surface area contributed by atoms with Crippen molar-refractivity contribution in [3.8, 4) is 17.2 Å². The van der Waals surface area contributed by atoms with Crippen molar-refractivity contribution in [3.05, 3.63) is 83.0 Å². The molecule has 1 aliphatic heterocycles. The molecule has 1 atom stereocenters. The molecule has 0 radical (unpaired) electrons. The molecule has 180 valence electrons. The van der Waals surface area contributed by atoms with Gasteiger partial charge in [-0.3, -0.25) is 4.79 Å². The second kappa shape index (κ2) is 9.58. The fourth-order valence-corrected chi connectivity index (χ4v) is 5.37. The van der Waals surface area contributed by atoms with Gasteiger partial charge in [0, 0.05) is 33.6 Å². The van der Waals surface area contributed by atoms with E-state index in [1.165, 1.54) is 15.8 Å². The minimum absolute atomic E-state index is 0.0903. The van der Waals surface area contributed by atoms with Crippen molar-refractivity contribution in [1.29, 1.82) is 0 Å². The molecule has 4 aromatic rings. The van der Waals surface area contributed by atoms with Crippen LogP contribution in [-0.2, 0) is 6.42 Å². The predicted molar refractivity (Wildman–Crippen MR) is 139 cm³/mol. The van der Waals surface area contributed by atoms with Gasteiger partial charge in [-0.1, -0.05) is 30.3 Å². The van der Waals surface area contributed by atoms with Gasteiger partial charge in [0.2, 0.25) is 5.75 Å². The predicted octanol–water partition coefficient (Wildman–Crippen LogP) is 5.70. The molecule has 7 heteroatoms. The Balaban J connectivity index is 1.64. The highest BCUT2D eigenvalue weighted by Crippen LogP contribution is 2.42. The Morgan fingerprint density at radius 2 is 1.66 bits per heavy atom. The fourth-order valence-electron chi connectivity index (χ4n) is 4.96. The molecule has 1 aliphatic rings. The van der Waals surface area contributed by atoms with Gasteiger partial charge >= 0.3 is 0 Å². The number of hydrogen-bond acceptors (Lipinski definition) is 5. The molecule has 0 spiro atoms. The number of aromatic nitrogens is 1. The monoisotopic (exact) mass is 488 g/mol. The molecule has 6 nitrogen and oxygen atoms in total. The first kappa shape index (κ1) is 23.2. The van der Waals surface area contributed by atoms with Gasteiger partial charge in [0.15, 0.2) is 11.5 Å². The number of para-hydroxylation sites is 1. The van der Waals surface area contributed by atoms with Crippen molar-refractivity contribution in [2.45, 2.75) is 17.4 Å². The molecule has 0 aliphatic carbocycles. The first-order chi connectivity index (χ1) is 17.1. The van der Waals surface area contributed by atoms with Gasteiger partial charge in [-0.15, -0.1) is 11.8 Å². The van der Waals surface area contributed by atoms with Crippen LogP contribution in [0.15, 0.2) is 65.6 Å². The number of benzene rings is 3. The largest absolute Gasteiger partial charge is 0.493 e. The number of nitrogens with zero attached hydrogens (tertiary/aromatic N) is 1. The van der Waals surface area contributed by atoms with Gasteiger partial charge in [-0.05, 0) is 54.1 Å². The average molecular weight is 489 g/mol. The summed E-state index contributed by atoms with van der Waals surface area (Å²) in [4.78, 5) is 20.8. The summed E-state index contributed by atoms with van der Waals surface area (Å²) in [5.41, 5.74) is 4.98. The Morgan fingerprint density at radius 1 is 0.971 bits per heavy atom. The van der Waals surface area contributed by atoms with Gasteiger partial charge in [-0.2, -0.15) is 0 Å². The first-order valence-corrected chi connectivity index (χ1v) is 12.7. The number of fused-ring (bicyclic) bond motifs is 3. The smallest absolute Gasteiger partial charge is 0.254 e. The molecule has 2 heterocycles. The number of methoxy groups -OCH3 is 3. The van der Waals surface area contributed by atoms with E-state index in [9.17, 15) is 4.79 Å². The molecule has 1 aromatic heterocycles. The van der Waals surface area contributed by atoms with Crippen LogP contribution >= 0.6 is 11.8 Å². The van der Waals surface area contributed by atoms with E-state index in [1.807, 2.05) is 11.0 Å². The number of carbonyl (C=O) groups excluding carboxylic acids is 1. The molecule has 0 saturated carbocycles. The molecule has 3 aromatic carbocycles. The number of thioether (sulfide) groups is 1.